The Bertz CT molecular complexity index is 1470. The number of nitrogens with one attached hydrogen (secondary N) is 2. The molecule has 0 bridgehead atoms. The molecule has 0 spiro atoms. The van der Waals surface area contributed by atoms with Crippen LogP contribution in [0.2, 0.25) is 0 Å². The van der Waals surface area contributed by atoms with E-state index in [0.717, 1.165) is 65.1 Å². The van der Waals surface area contributed by atoms with Gasteiger partial charge in [0.25, 0.3) is 0 Å². The number of hydrogen-bond donors (Lipinski definition) is 2. The first kappa shape index (κ1) is 20.4. The van der Waals surface area contributed by atoms with Crippen LogP contribution in [0.15, 0.2) is 49.1 Å². The maximum absolute atomic E-state index is 5.49. The molecule has 0 amide bonds. The van der Waals surface area contributed by atoms with Crippen molar-refractivity contribution in [3.05, 3.63) is 49.1 Å². The molecule has 0 unspecified atom stereocenters. The predicted molar refractivity (Wildman–Crippen MR) is 130 cm³/mol. The first-order valence-corrected chi connectivity index (χ1v) is 11.1. The normalized spacial score (nSPS) is 14.1. The van der Waals surface area contributed by atoms with Crippen LogP contribution in [0.3, 0.4) is 0 Å². The van der Waals surface area contributed by atoms with Crippen LogP contribution in [0.4, 0.5) is 5.95 Å². The van der Waals surface area contributed by atoms with Crippen LogP contribution in [0.5, 0.6) is 11.5 Å². The smallest absolute Gasteiger partial charge is 0.228 e. The summed E-state index contributed by atoms with van der Waals surface area (Å²) in [6, 6.07) is 12.2. The van der Waals surface area contributed by atoms with Crippen LogP contribution in [0.25, 0.3) is 38.9 Å². The van der Waals surface area contributed by atoms with E-state index in [1.807, 2.05) is 22.8 Å². The van der Waals surface area contributed by atoms with Crippen molar-refractivity contribution in [2.24, 2.45) is 0 Å². The molecule has 5 aromatic rings. The van der Waals surface area contributed by atoms with Gasteiger partial charge in [-0.1, -0.05) is 18.2 Å². The van der Waals surface area contributed by atoms with Gasteiger partial charge in [0.05, 0.1) is 14.2 Å². The zero-order chi connectivity index (χ0) is 23.1. The van der Waals surface area contributed by atoms with Gasteiger partial charge in [-0.15, -0.1) is 10.2 Å². The fourth-order valence-electron chi connectivity index (χ4n) is 4.43. The van der Waals surface area contributed by atoms with E-state index in [1.165, 1.54) is 0 Å². The first-order chi connectivity index (χ1) is 16.7. The van der Waals surface area contributed by atoms with Crippen LogP contribution in [-0.4, -0.2) is 70.1 Å². The molecule has 1 aliphatic rings. The standard InChI is InChI=1S/C24H24N8O2/c1-33-19-6-4-16(12-20(19)34-2)15-3-5-17-18(11-15)28-22-21(17)29-24(31-9-7-25-8-10-31)30-23(22)32-13-26-27-14-32/h3-6,11-14,25,28H,7-10H2,1-2H3. The van der Waals surface area contributed by atoms with E-state index < -0.39 is 0 Å². The Hall–Kier alpha value is -4.18. The summed E-state index contributed by atoms with van der Waals surface area (Å²) in [5.41, 5.74) is 4.79. The van der Waals surface area contributed by atoms with Gasteiger partial charge in [-0.25, -0.2) is 4.98 Å². The molecule has 10 nitrogen and oxygen atoms in total. The molecule has 3 aromatic heterocycles. The molecule has 6 rings (SSSR count). The zero-order valence-corrected chi connectivity index (χ0v) is 18.9. The van der Waals surface area contributed by atoms with E-state index in [4.69, 9.17) is 19.4 Å². The van der Waals surface area contributed by atoms with Gasteiger partial charge in [-0.2, -0.15) is 4.98 Å². The second-order valence-electron chi connectivity index (χ2n) is 8.13. The molecule has 1 aliphatic heterocycles. The third-order valence-corrected chi connectivity index (χ3v) is 6.19. The van der Waals surface area contributed by atoms with E-state index >= 15 is 0 Å². The van der Waals surface area contributed by atoms with Crippen LogP contribution in [-0.2, 0) is 0 Å². The highest BCUT2D eigenvalue weighted by atomic mass is 16.5. The Kier molecular flexibility index (Phi) is 4.99. The van der Waals surface area contributed by atoms with Gasteiger partial charge in [-0.3, -0.25) is 4.57 Å². The number of ether oxygens (including phenoxy) is 2. The van der Waals surface area contributed by atoms with Crippen LogP contribution in [0.1, 0.15) is 0 Å². The van der Waals surface area contributed by atoms with Crippen LogP contribution in [0, 0.1) is 0 Å². The lowest BCUT2D eigenvalue weighted by atomic mass is 10.0. The Balaban J connectivity index is 1.52. The molecule has 2 aromatic carbocycles. The van der Waals surface area contributed by atoms with Crippen LogP contribution < -0.4 is 19.7 Å². The van der Waals surface area contributed by atoms with Crippen LogP contribution >= 0.6 is 0 Å². The van der Waals surface area contributed by atoms with Crippen molar-refractivity contribution in [2.75, 3.05) is 45.3 Å². The number of nitrogens with zero attached hydrogens (tertiary/aromatic N) is 6. The topological polar surface area (TPSA) is 106 Å². The number of anilines is 1. The molecule has 4 heterocycles. The SMILES string of the molecule is COc1ccc(-c2ccc3c(c2)[nH]c2c(-n4cnnc4)nc(N4CCNCC4)nc23)cc1OC. The van der Waals surface area contributed by atoms with E-state index in [0.29, 0.717) is 17.4 Å². The highest BCUT2D eigenvalue weighted by Crippen LogP contribution is 2.35. The number of fused-ring (bicyclic) bond motifs is 3. The molecule has 0 radical (unpaired) electrons. The number of H-pyrrole nitrogens is 1. The monoisotopic (exact) mass is 456 g/mol. The summed E-state index contributed by atoms with van der Waals surface area (Å²) in [7, 11) is 3.28. The third-order valence-electron chi connectivity index (χ3n) is 6.19. The molecule has 172 valence electrons. The highest BCUT2D eigenvalue weighted by Gasteiger charge is 2.20. The maximum atomic E-state index is 5.49. The number of methoxy groups -OCH3 is 2. The summed E-state index contributed by atoms with van der Waals surface area (Å²) in [6.45, 7) is 3.54. The molecule has 0 saturated carbocycles. The quantitative estimate of drug-likeness (QED) is 0.416. The van der Waals surface area contributed by atoms with E-state index in [2.05, 4.69) is 43.6 Å². The average Bonchev–Trinajstić information content (AvgIpc) is 3.56. The number of rotatable bonds is 5. The number of hydrogen-bond acceptors (Lipinski definition) is 8. The Labute approximate surface area is 195 Å². The van der Waals surface area contributed by atoms with Crippen molar-refractivity contribution >= 4 is 27.9 Å². The van der Waals surface area contributed by atoms with Gasteiger partial charge in [0.15, 0.2) is 17.3 Å². The molecular formula is C24H24N8O2. The summed E-state index contributed by atoms with van der Waals surface area (Å²) < 4.78 is 12.7. The molecule has 2 N–H and O–H groups in total. The van der Waals surface area contributed by atoms with Gasteiger partial charge in [0.1, 0.15) is 23.7 Å². The zero-order valence-electron chi connectivity index (χ0n) is 18.9. The van der Waals surface area contributed by atoms with Crippen molar-refractivity contribution < 1.29 is 9.47 Å². The van der Waals surface area contributed by atoms with Gasteiger partial charge >= 0.3 is 0 Å². The Morgan fingerprint density at radius 1 is 0.853 bits per heavy atom. The molecule has 34 heavy (non-hydrogen) atoms. The summed E-state index contributed by atoms with van der Waals surface area (Å²) in [5, 5.41) is 12.4. The van der Waals surface area contributed by atoms with Gasteiger partial charge < -0.3 is 24.7 Å². The fourth-order valence-corrected chi connectivity index (χ4v) is 4.43. The van der Waals surface area contributed by atoms with E-state index in [-0.39, 0.29) is 0 Å². The van der Waals surface area contributed by atoms with E-state index in [1.54, 1.807) is 26.9 Å². The highest BCUT2D eigenvalue weighted by molar-refractivity contribution is 6.08. The van der Waals surface area contributed by atoms with Crippen molar-refractivity contribution in [3.63, 3.8) is 0 Å². The average molecular weight is 457 g/mol. The maximum Gasteiger partial charge on any atom is 0.228 e. The van der Waals surface area contributed by atoms with E-state index in [9.17, 15) is 0 Å². The number of aromatic nitrogens is 6. The number of benzene rings is 2. The Morgan fingerprint density at radius 2 is 1.59 bits per heavy atom. The first-order valence-electron chi connectivity index (χ1n) is 11.1. The summed E-state index contributed by atoms with van der Waals surface area (Å²) in [4.78, 5) is 15.6. The molecular weight excluding hydrogens is 432 g/mol. The lowest BCUT2D eigenvalue weighted by Crippen LogP contribution is -2.44. The summed E-state index contributed by atoms with van der Waals surface area (Å²) in [5.74, 6) is 2.83. The largest absolute Gasteiger partial charge is 0.493 e. The minimum atomic E-state index is 0.693. The fraction of sp³-hybridized carbons (Fsp3) is 0.250. The third kappa shape index (κ3) is 3.39. The van der Waals surface area contributed by atoms with Gasteiger partial charge in [0, 0.05) is 37.1 Å². The summed E-state index contributed by atoms with van der Waals surface area (Å²) >= 11 is 0. The second-order valence-corrected chi connectivity index (χ2v) is 8.13. The predicted octanol–water partition coefficient (Wildman–Crippen LogP) is 2.79. The van der Waals surface area contributed by atoms with Gasteiger partial charge in [0.2, 0.25) is 5.95 Å². The van der Waals surface area contributed by atoms with Crippen molar-refractivity contribution in [1.82, 2.24) is 35.0 Å². The van der Waals surface area contributed by atoms with Crippen molar-refractivity contribution in [3.8, 4) is 28.4 Å². The number of aromatic amines is 1. The van der Waals surface area contributed by atoms with Crippen molar-refractivity contribution in [1.29, 1.82) is 0 Å². The minimum absolute atomic E-state index is 0.693. The molecule has 1 saturated heterocycles. The molecule has 1 fully saturated rings. The molecule has 10 heteroatoms. The lowest BCUT2D eigenvalue weighted by Gasteiger charge is -2.27. The molecule has 0 atom stereocenters. The molecule has 0 aliphatic carbocycles. The number of piperazine rings is 1. The Morgan fingerprint density at radius 3 is 2.35 bits per heavy atom. The minimum Gasteiger partial charge on any atom is -0.493 e. The van der Waals surface area contributed by atoms with Crippen molar-refractivity contribution in [2.45, 2.75) is 0 Å². The summed E-state index contributed by atoms with van der Waals surface area (Å²) in [6.07, 6.45) is 3.31. The van der Waals surface area contributed by atoms with Gasteiger partial charge in [-0.05, 0) is 29.3 Å². The lowest BCUT2D eigenvalue weighted by molar-refractivity contribution is 0.355. The second kappa shape index (κ2) is 8.31.